The molecule has 142 valence electrons. The summed E-state index contributed by atoms with van der Waals surface area (Å²) in [6, 6.07) is 8.72. The molecule has 2 nitrogen and oxygen atoms in total. The molecule has 0 heterocycles. The first-order valence-corrected chi connectivity index (χ1v) is 10.7. The van der Waals surface area contributed by atoms with Crippen molar-refractivity contribution in [1.82, 2.24) is 0 Å². The van der Waals surface area contributed by atoms with Crippen molar-refractivity contribution in [1.29, 1.82) is 0 Å². The van der Waals surface area contributed by atoms with Crippen molar-refractivity contribution in [3.05, 3.63) is 64.7 Å². The Bertz CT molecular complexity index is 820. The highest BCUT2D eigenvalue weighted by molar-refractivity contribution is 7.91. The Morgan fingerprint density at radius 1 is 0.962 bits per heavy atom. The van der Waals surface area contributed by atoms with Crippen LogP contribution in [0.5, 0.6) is 0 Å². The first kappa shape index (κ1) is 20.8. The summed E-state index contributed by atoms with van der Waals surface area (Å²) in [6.45, 7) is 2.09. The summed E-state index contributed by atoms with van der Waals surface area (Å²) in [4.78, 5) is 0.0594. The first-order chi connectivity index (χ1) is 12.4. The molecule has 2 aromatic carbocycles. The van der Waals surface area contributed by atoms with Crippen molar-refractivity contribution in [2.75, 3.05) is 0 Å². The van der Waals surface area contributed by atoms with E-state index < -0.39 is 26.7 Å². The maximum Gasteiger partial charge on any atom is 0.185 e. The van der Waals surface area contributed by atoms with Crippen LogP contribution in [-0.2, 0) is 9.84 Å². The van der Waals surface area contributed by atoms with E-state index in [0.29, 0.717) is 11.4 Å². The molecule has 26 heavy (non-hydrogen) atoms. The molecule has 0 aromatic heterocycles. The van der Waals surface area contributed by atoms with Gasteiger partial charge in [-0.05, 0) is 48.9 Å². The maximum absolute atomic E-state index is 14.3. The van der Waals surface area contributed by atoms with Crippen LogP contribution >= 0.6 is 11.6 Å². The van der Waals surface area contributed by atoms with Crippen molar-refractivity contribution in [3.63, 3.8) is 0 Å². The third kappa shape index (κ3) is 5.27. The van der Waals surface area contributed by atoms with E-state index in [4.69, 9.17) is 11.6 Å². The van der Waals surface area contributed by atoms with E-state index in [-0.39, 0.29) is 16.9 Å². The number of hydrogen-bond donors (Lipinski definition) is 0. The van der Waals surface area contributed by atoms with Gasteiger partial charge in [0.15, 0.2) is 9.84 Å². The lowest BCUT2D eigenvalue weighted by Gasteiger charge is -2.19. The number of sulfone groups is 1. The zero-order valence-electron chi connectivity index (χ0n) is 14.7. The van der Waals surface area contributed by atoms with Crippen molar-refractivity contribution >= 4 is 21.4 Å². The predicted molar refractivity (Wildman–Crippen MR) is 101 cm³/mol. The van der Waals surface area contributed by atoms with Gasteiger partial charge in [-0.3, -0.25) is 0 Å². The molecule has 2 rings (SSSR count). The van der Waals surface area contributed by atoms with Crippen LogP contribution in [0.25, 0.3) is 0 Å². The Balaban J connectivity index is 2.36. The zero-order chi connectivity index (χ0) is 19.2. The Labute approximate surface area is 159 Å². The van der Waals surface area contributed by atoms with Crippen LogP contribution in [0.4, 0.5) is 8.78 Å². The molecule has 0 fully saturated rings. The molecule has 1 unspecified atom stereocenters. The van der Waals surface area contributed by atoms with Gasteiger partial charge < -0.3 is 0 Å². The molecule has 0 spiro atoms. The molecule has 0 amide bonds. The van der Waals surface area contributed by atoms with Crippen LogP contribution in [-0.4, -0.2) is 8.42 Å². The number of rotatable bonds is 9. The highest BCUT2D eigenvalue weighted by atomic mass is 35.5. The highest BCUT2D eigenvalue weighted by Gasteiger charge is 2.31. The molecule has 0 saturated heterocycles. The van der Waals surface area contributed by atoms with Gasteiger partial charge >= 0.3 is 0 Å². The molecule has 2 aromatic rings. The minimum Gasteiger partial charge on any atom is -0.223 e. The third-order valence-corrected chi connectivity index (χ3v) is 6.81. The summed E-state index contributed by atoms with van der Waals surface area (Å²) >= 11 is 5.83. The molecule has 0 N–H and O–H groups in total. The topological polar surface area (TPSA) is 34.1 Å². The number of hydrogen-bond acceptors (Lipinski definition) is 2. The first-order valence-electron chi connectivity index (χ1n) is 8.80. The lowest BCUT2D eigenvalue weighted by atomic mass is 10.0. The predicted octanol–water partition coefficient (Wildman–Crippen LogP) is 6.49. The van der Waals surface area contributed by atoms with Gasteiger partial charge in [0.25, 0.3) is 0 Å². The van der Waals surface area contributed by atoms with E-state index in [0.717, 1.165) is 43.9 Å². The van der Waals surface area contributed by atoms with Crippen molar-refractivity contribution < 1.29 is 17.2 Å². The zero-order valence-corrected chi connectivity index (χ0v) is 16.3. The van der Waals surface area contributed by atoms with Gasteiger partial charge in [-0.15, -0.1) is 0 Å². The second kappa shape index (κ2) is 9.47. The quantitative estimate of drug-likeness (QED) is 0.450. The van der Waals surface area contributed by atoms with E-state index in [2.05, 4.69) is 6.92 Å². The van der Waals surface area contributed by atoms with Gasteiger partial charge in [-0.25, -0.2) is 17.2 Å². The normalized spacial score (nSPS) is 12.9. The summed E-state index contributed by atoms with van der Waals surface area (Å²) in [7, 11) is -3.87. The fourth-order valence-corrected chi connectivity index (χ4v) is 4.92. The van der Waals surface area contributed by atoms with E-state index in [9.17, 15) is 17.2 Å². The maximum atomic E-state index is 14.3. The van der Waals surface area contributed by atoms with Crippen LogP contribution < -0.4 is 0 Å². The van der Waals surface area contributed by atoms with Gasteiger partial charge in [-0.1, -0.05) is 50.6 Å². The molecule has 0 aliphatic heterocycles. The van der Waals surface area contributed by atoms with E-state index in [1.165, 1.54) is 24.3 Å². The van der Waals surface area contributed by atoms with E-state index in [1.54, 1.807) is 0 Å². The summed E-state index contributed by atoms with van der Waals surface area (Å²) in [6.07, 6.45) is 4.88. The Kier molecular flexibility index (Phi) is 7.59. The van der Waals surface area contributed by atoms with Crippen molar-refractivity contribution in [2.24, 2.45) is 0 Å². The molecule has 0 bridgehead atoms. The minimum absolute atomic E-state index is 0.0594. The molecular weight excluding hydrogens is 378 g/mol. The fourth-order valence-electron chi connectivity index (χ4n) is 2.96. The molecule has 1 atom stereocenters. The van der Waals surface area contributed by atoms with Gasteiger partial charge in [-0.2, -0.15) is 0 Å². The van der Waals surface area contributed by atoms with Gasteiger partial charge in [0.2, 0.25) is 0 Å². The van der Waals surface area contributed by atoms with Crippen LogP contribution in [0.1, 0.15) is 56.3 Å². The third-order valence-electron chi connectivity index (χ3n) is 4.39. The van der Waals surface area contributed by atoms with E-state index >= 15 is 0 Å². The second-order valence-electron chi connectivity index (χ2n) is 6.36. The average molecular weight is 401 g/mol. The Morgan fingerprint density at radius 2 is 1.62 bits per heavy atom. The average Bonchev–Trinajstić information content (AvgIpc) is 2.61. The van der Waals surface area contributed by atoms with Gasteiger partial charge in [0, 0.05) is 10.6 Å². The van der Waals surface area contributed by atoms with Crippen molar-refractivity contribution in [2.45, 2.75) is 55.6 Å². The second-order valence-corrected chi connectivity index (χ2v) is 8.92. The molecule has 0 aliphatic carbocycles. The summed E-state index contributed by atoms with van der Waals surface area (Å²) < 4.78 is 54.2. The largest absolute Gasteiger partial charge is 0.223 e. The summed E-state index contributed by atoms with van der Waals surface area (Å²) in [5.41, 5.74) is -0.115. The molecule has 0 saturated carbocycles. The van der Waals surface area contributed by atoms with E-state index in [1.807, 2.05) is 0 Å². The Morgan fingerprint density at radius 3 is 2.27 bits per heavy atom. The van der Waals surface area contributed by atoms with Gasteiger partial charge in [0.1, 0.15) is 11.6 Å². The number of unbranched alkanes of at least 4 members (excludes halogenated alkanes) is 4. The smallest absolute Gasteiger partial charge is 0.185 e. The number of halogens is 3. The summed E-state index contributed by atoms with van der Waals surface area (Å²) in [5, 5.41) is -0.710. The molecule has 0 aliphatic rings. The lowest BCUT2D eigenvalue weighted by molar-refractivity contribution is 0.534. The highest BCUT2D eigenvalue weighted by Crippen LogP contribution is 2.35. The van der Waals surface area contributed by atoms with Crippen LogP contribution in [0.2, 0.25) is 5.02 Å². The van der Waals surface area contributed by atoms with Gasteiger partial charge in [0.05, 0.1) is 10.1 Å². The Hall–Kier alpha value is -1.46. The fraction of sp³-hybridized carbons (Fsp3) is 0.400. The lowest BCUT2D eigenvalue weighted by Crippen LogP contribution is -2.16. The minimum atomic E-state index is -3.87. The monoisotopic (exact) mass is 400 g/mol. The van der Waals surface area contributed by atoms with Crippen molar-refractivity contribution in [3.8, 4) is 0 Å². The van der Waals surface area contributed by atoms with Crippen LogP contribution in [0, 0.1) is 11.6 Å². The van der Waals surface area contributed by atoms with Crippen LogP contribution in [0.3, 0.4) is 0 Å². The van der Waals surface area contributed by atoms with Crippen LogP contribution in [0.15, 0.2) is 47.4 Å². The summed E-state index contributed by atoms with van der Waals surface area (Å²) in [5.74, 6) is -1.36. The molecule has 0 radical (unpaired) electrons. The standard InChI is InChI=1S/C20H23ClF2O2S/c1-2-3-4-5-6-7-20(18-14-16(22)10-13-19(18)23)26(24,25)17-11-8-15(21)9-12-17/h8-14,20H,2-7H2,1H3. The molecule has 6 heteroatoms. The SMILES string of the molecule is CCCCCCCC(c1cc(F)ccc1F)S(=O)(=O)c1ccc(Cl)cc1. The number of benzene rings is 2. The molecular formula is C20H23ClF2O2S.